The number of H-pyrrole nitrogens is 1. The summed E-state index contributed by atoms with van der Waals surface area (Å²) in [7, 11) is 5.90. The number of methoxy groups -OCH3 is 5. The van der Waals surface area contributed by atoms with Gasteiger partial charge in [0, 0.05) is 112 Å². The second-order valence-corrected chi connectivity index (χ2v) is 31.3. The third kappa shape index (κ3) is 17.1. The number of aromatic nitrogens is 6. The summed E-state index contributed by atoms with van der Waals surface area (Å²) in [6.07, 6.45) is 0. The van der Waals surface area contributed by atoms with Gasteiger partial charge in [0.1, 0.15) is 76.5 Å². The summed E-state index contributed by atoms with van der Waals surface area (Å²) in [5, 5.41) is 70.7. The van der Waals surface area contributed by atoms with Crippen molar-refractivity contribution in [2.75, 3.05) is 65.7 Å². The highest BCUT2D eigenvalue weighted by atomic mass is 35.5. The van der Waals surface area contributed by atoms with Crippen molar-refractivity contribution < 1.29 is 56.0 Å². The molecule has 1 aliphatic rings. The van der Waals surface area contributed by atoms with Crippen LogP contribution in [0, 0.1) is 63.6 Å². The maximum Gasteiger partial charge on any atom is 0.417 e. The van der Waals surface area contributed by atoms with Gasteiger partial charge in [-0.15, -0.1) is 22.9 Å². The number of rotatable bonds is 19. The number of nitriles is 5. The molecule has 0 saturated heterocycles. The fraction of sp³-hybridized carbons (Fsp3) is 0.200. The number of nitrogens with one attached hydrogen (secondary N) is 4. The number of aryl methyl sites for hydroxylation is 6. The van der Waals surface area contributed by atoms with Crippen molar-refractivity contribution in [2.24, 2.45) is 0 Å². The van der Waals surface area contributed by atoms with Gasteiger partial charge in [-0.25, -0.2) is 17.9 Å². The minimum Gasteiger partial charge on any atom is -0.506 e. The van der Waals surface area contributed by atoms with Crippen molar-refractivity contribution >= 4 is 122 Å². The maximum absolute atomic E-state index is 12.1. The lowest BCUT2D eigenvalue weighted by Crippen LogP contribution is -2.25. The molecule has 8 heterocycles. The number of anilines is 2. The number of phenols is 1. The van der Waals surface area contributed by atoms with E-state index < -0.39 is 21.7 Å². The Morgan fingerprint density at radius 2 is 0.904 bits per heavy atom. The van der Waals surface area contributed by atoms with Crippen LogP contribution in [0.2, 0.25) is 0 Å². The van der Waals surface area contributed by atoms with Crippen molar-refractivity contribution in [1.29, 1.82) is 26.3 Å². The molecule has 1 aliphatic heterocycles. The first-order valence-corrected chi connectivity index (χ1v) is 42.4. The zero-order chi connectivity index (χ0) is 89.2. The van der Waals surface area contributed by atoms with Crippen molar-refractivity contribution in [3.05, 3.63) is 225 Å². The van der Waals surface area contributed by atoms with E-state index in [2.05, 4.69) is 89.7 Å². The van der Waals surface area contributed by atoms with E-state index in [0.29, 0.717) is 105 Å². The number of hydrogen-bond donors (Lipinski definition) is 5. The van der Waals surface area contributed by atoms with Gasteiger partial charge in [0.25, 0.3) is 5.91 Å². The molecule has 27 nitrogen and oxygen atoms in total. The lowest BCUT2D eigenvalue weighted by atomic mass is 10.0. The predicted octanol–water partition coefficient (Wildman–Crippen LogP) is 19.0. The average Bonchev–Trinajstić information content (AvgIpc) is 1.63. The van der Waals surface area contributed by atoms with Crippen LogP contribution in [0.4, 0.5) is 11.4 Å². The number of oxazole rings is 1. The lowest BCUT2D eigenvalue weighted by Gasteiger charge is -2.19. The lowest BCUT2D eigenvalue weighted by molar-refractivity contribution is -0.118. The number of nitrogens with zero attached hydrogens (tertiary/aromatic N) is 10. The van der Waals surface area contributed by atoms with Gasteiger partial charge in [-0.1, -0.05) is 12.1 Å². The summed E-state index contributed by atoms with van der Waals surface area (Å²) >= 11 is 7.22. The van der Waals surface area contributed by atoms with Crippen LogP contribution in [0.3, 0.4) is 0 Å². The van der Waals surface area contributed by atoms with Crippen LogP contribution in [0.15, 0.2) is 195 Å². The van der Waals surface area contributed by atoms with Crippen LogP contribution in [-0.2, 0) is 52.3 Å². The molecule has 17 rings (SSSR count). The van der Waals surface area contributed by atoms with E-state index in [9.17, 15) is 54.2 Å². The second-order valence-electron chi connectivity index (χ2n) is 28.2. The van der Waals surface area contributed by atoms with Crippen molar-refractivity contribution in [3.63, 3.8) is 0 Å². The number of aromatic amines is 1. The fourth-order valence-corrected chi connectivity index (χ4v) is 17.5. The first-order chi connectivity index (χ1) is 60.5. The molecule has 30 heteroatoms. The highest BCUT2D eigenvalue weighted by Gasteiger charge is 2.28. The molecule has 0 atom stereocenters. The van der Waals surface area contributed by atoms with E-state index in [1.165, 1.54) is 24.7 Å². The highest BCUT2D eigenvalue weighted by Crippen LogP contribution is 2.44. The van der Waals surface area contributed by atoms with Gasteiger partial charge >= 0.3 is 5.76 Å². The molecule has 5 N–H and O–H groups in total. The summed E-state index contributed by atoms with van der Waals surface area (Å²) in [6.45, 7) is 15.7. The van der Waals surface area contributed by atoms with Crippen molar-refractivity contribution in [1.82, 2.24) is 32.5 Å². The van der Waals surface area contributed by atoms with Crippen LogP contribution < -0.4 is 49.5 Å². The van der Waals surface area contributed by atoms with Gasteiger partial charge in [0.05, 0.1) is 146 Å². The van der Waals surface area contributed by atoms with Crippen molar-refractivity contribution in [3.8, 4) is 126 Å². The molecule has 0 fully saturated rings. The summed E-state index contributed by atoms with van der Waals surface area (Å²) in [5.41, 5.74) is 18.0. The van der Waals surface area contributed by atoms with E-state index in [1.54, 1.807) is 77.2 Å². The van der Waals surface area contributed by atoms with Gasteiger partial charge in [0.2, 0.25) is 15.9 Å². The van der Waals surface area contributed by atoms with E-state index in [0.717, 1.165) is 117 Å². The Morgan fingerprint density at radius 1 is 0.512 bits per heavy atom. The number of hydrogen-bond acceptors (Lipinski definition) is 19. The number of fused-ring (bicyclic) bond motifs is 7. The quantitative estimate of drug-likeness (QED) is 0.0371. The molecule has 0 saturated carbocycles. The number of ether oxygens (including phenoxy) is 6. The number of phenolic OH excluding ortho intramolecular Hbond substituents is 1. The average molecular weight is 1730 g/mol. The number of aromatic hydroxyl groups is 1. The second kappa shape index (κ2) is 37.9. The molecular weight excluding hydrogens is 1640 g/mol. The van der Waals surface area contributed by atoms with Gasteiger partial charge in [0.15, 0.2) is 12.2 Å². The fourth-order valence-electron chi connectivity index (χ4n) is 15.7. The van der Waals surface area contributed by atoms with Crippen LogP contribution in [0.25, 0.3) is 121 Å². The number of benzene rings is 9. The Kier molecular flexibility index (Phi) is 26.5. The Morgan fingerprint density at radius 3 is 1.30 bits per heavy atom. The van der Waals surface area contributed by atoms with E-state index in [4.69, 9.17) is 44.4 Å². The molecule has 2 amide bonds. The normalized spacial score (nSPS) is 11.4. The van der Waals surface area contributed by atoms with E-state index in [1.807, 2.05) is 164 Å². The number of carbonyl (C=O) groups is 2. The summed E-state index contributed by atoms with van der Waals surface area (Å²) < 4.78 is 74.1. The predicted molar refractivity (Wildman–Crippen MR) is 486 cm³/mol. The molecule has 7 aromatic heterocycles. The zero-order valence-electron chi connectivity index (χ0n) is 70.3. The molecule has 0 unspecified atom stereocenters. The Bertz CT molecular complexity index is 7330. The molecule has 125 heavy (non-hydrogen) atoms. The smallest absolute Gasteiger partial charge is 0.417 e. The molecule has 16 aromatic rings. The van der Waals surface area contributed by atoms with Crippen LogP contribution in [-0.4, -0.2) is 108 Å². The number of alkyl halides is 1. The van der Waals surface area contributed by atoms with Crippen LogP contribution in [0.1, 0.15) is 68.0 Å². The number of thiophene rings is 1. The molecule has 0 bridgehead atoms. The number of halogens is 1. The molecule has 0 aliphatic carbocycles. The minimum atomic E-state index is -3.57. The monoisotopic (exact) mass is 1730 g/mol. The van der Waals surface area contributed by atoms with Crippen LogP contribution >= 0.6 is 22.9 Å². The number of carbonyl (C=O) groups excluding carboxylic acids is 2. The molecular formula is C95H85ClN14O13S2. The highest BCUT2D eigenvalue weighted by molar-refractivity contribution is 7.89. The largest absolute Gasteiger partial charge is 0.506 e. The van der Waals surface area contributed by atoms with Crippen molar-refractivity contribution in [2.45, 2.75) is 79.2 Å². The zero-order valence-corrected chi connectivity index (χ0v) is 72.7. The summed E-state index contributed by atoms with van der Waals surface area (Å²) in [4.78, 5) is 38.6. The molecule has 9 aromatic carbocycles. The Hall–Kier alpha value is -15.2. The standard InChI is InChI=1S/C20H18ClN3O3.C20H17N3O3.C19H19N3O3S.C19H15N3O3.C17H16N2OS/c1-3-24-17-9-13(27-2)5-6-14(17)15(11-22)20(24)12-4-7-18(25)16(8-12)23-19(26)10-21;1-3-23-17-9-13(25-2)5-6-14(17)15(10-21)20(23)12-4-7-18-16(8-12)22-19(24)11-26-18;1-4-22-18-11-14(25-3)8-9-16(18)17(12-20)19(22)13-6-5-7-15(10-13)26(23,24)21-2;1-3-22-16-9-12(24-2)5-6-13(16)14(10-20)18(22)11-4-7-17-15(8-11)21-19(23)25-17;1-4-19-15-8-12(20-3)5-6-13(15)14(9-18)17(19)16-7-11(2)10-21-16/h4-9,25H,3,10H2,1-2H3,(H,23,26);4-9H,3,11H2,1-2H3,(H,22,24);5-11,21H,4H2,1-3H3;4-9H,3H2,1-2H3,(H,21,23);5-8,10H,4H2,1-3H3. The molecule has 0 radical (unpaired) electrons. The maximum atomic E-state index is 12.1. The number of sulfonamides is 1. The first-order valence-electron chi connectivity index (χ1n) is 39.5. The first kappa shape index (κ1) is 87.7. The Balaban J connectivity index is 0.000000134. The number of amides is 2. The third-order valence-electron chi connectivity index (χ3n) is 21.4. The summed E-state index contributed by atoms with van der Waals surface area (Å²) in [6, 6.07) is 64.6. The minimum absolute atomic E-state index is 0.0187. The summed E-state index contributed by atoms with van der Waals surface area (Å²) in [5.74, 6) is 2.94. The Labute approximate surface area is 728 Å². The van der Waals surface area contributed by atoms with Gasteiger partial charge in [-0.3, -0.25) is 14.6 Å². The third-order valence-corrected chi connectivity index (χ3v) is 24.1. The SMILES string of the molecule is CCn1c(-c2cc(C)cs2)c(C#N)c2ccc(OC)cc21.CCn1c(-c2ccc(O)c(NC(=O)CCl)c2)c(C#N)c2ccc(OC)cc21.CCn1c(-c2ccc3c(c2)NC(=O)CO3)c(C#N)c2ccc(OC)cc21.CCn1c(-c2ccc3oc(=O)[nH]c3c2)c(C#N)c2ccc(OC)cc21.CCn1c(-c2cccc(S(=O)(=O)NC)c2)c(C#N)c2ccc(OC)cc21. The van der Waals surface area contributed by atoms with E-state index >= 15 is 0 Å². The van der Waals surface area contributed by atoms with Gasteiger partial charge in [-0.2, -0.15) is 26.3 Å². The van der Waals surface area contributed by atoms with E-state index in [-0.39, 0.29) is 34.7 Å². The van der Waals surface area contributed by atoms with Gasteiger partial charge in [-0.05, 0) is 193 Å². The van der Waals surface area contributed by atoms with Crippen LogP contribution in [0.5, 0.6) is 40.2 Å². The molecule has 0 spiro atoms. The topological polar surface area (TPSA) is 370 Å². The molecule has 632 valence electrons. The van der Waals surface area contributed by atoms with Gasteiger partial charge < -0.3 is 71.4 Å².